The standard InChI is InChI=1S/C12H17NO/c1-9-4-6-12(7-5-9)8-10(2)13-11(3)14/h4-7,10H,8H2,1-3H3,(H,13,14). The lowest BCUT2D eigenvalue weighted by atomic mass is 10.1. The van der Waals surface area contributed by atoms with Gasteiger partial charge in [0.25, 0.3) is 0 Å². The number of hydrogen-bond acceptors (Lipinski definition) is 1. The van der Waals surface area contributed by atoms with E-state index in [-0.39, 0.29) is 11.9 Å². The van der Waals surface area contributed by atoms with Gasteiger partial charge in [-0.3, -0.25) is 4.79 Å². The monoisotopic (exact) mass is 191 g/mol. The van der Waals surface area contributed by atoms with Gasteiger partial charge in [0.2, 0.25) is 5.91 Å². The third-order valence-electron chi connectivity index (χ3n) is 2.11. The molecule has 1 amide bonds. The molecule has 0 spiro atoms. The fourth-order valence-electron chi connectivity index (χ4n) is 1.48. The van der Waals surface area contributed by atoms with Crippen LogP contribution in [0.4, 0.5) is 0 Å². The highest BCUT2D eigenvalue weighted by atomic mass is 16.1. The smallest absolute Gasteiger partial charge is 0.217 e. The molecule has 2 nitrogen and oxygen atoms in total. The highest BCUT2D eigenvalue weighted by Gasteiger charge is 2.03. The molecule has 0 aliphatic carbocycles. The summed E-state index contributed by atoms with van der Waals surface area (Å²) in [5.74, 6) is 0.0320. The summed E-state index contributed by atoms with van der Waals surface area (Å²) in [6, 6.07) is 8.60. The number of carbonyl (C=O) groups is 1. The van der Waals surface area contributed by atoms with E-state index in [1.54, 1.807) is 6.92 Å². The molecule has 14 heavy (non-hydrogen) atoms. The van der Waals surface area contributed by atoms with Gasteiger partial charge < -0.3 is 5.32 Å². The highest BCUT2D eigenvalue weighted by molar-refractivity contribution is 5.73. The SMILES string of the molecule is CC(=O)NC(C)Cc1ccc(C)cc1. The first-order valence-corrected chi connectivity index (χ1v) is 4.90. The number of nitrogens with one attached hydrogen (secondary N) is 1. The molecule has 0 aromatic heterocycles. The molecular formula is C12H17NO. The van der Waals surface area contributed by atoms with Crippen LogP contribution in [0.2, 0.25) is 0 Å². The molecule has 0 saturated carbocycles. The molecule has 1 N–H and O–H groups in total. The lowest BCUT2D eigenvalue weighted by Gasteiger charge is -2.12. The van der Waals surface area contributed by atoms with Crippen LogP contribution in [0.15, 0.2) is 24.3 Å². The van der Waals surface area contributed by atoms with Gasteiger partial charge in [0.15, 0.2) is 0 Å². The van der Waals surface area contributed by atoms with Gasteiger partial charge in [0.05, 0.1) is 0 Å². The van der Waals surface area contributed by atoms with E-state index in [1.165, 1.54) is 11.1 Å². The molecule has 1 atom stereocenters. The van der Waals surface area contributed by atoms with E-state index < -0.39 is 0 Å². The Balaban J connectivity index is 2.51. The van der Waals surface area contributed by atoms with Crippen LogP contribution in [0.5, 0.6) is 0 Å². The number of benzene rings is 1. The van der Waals surface area contributed by atoms with Gasteiger partial charge in [-0.05, 0) is 25.8 Å². The number of amides is 1. The molecule has 0 radical (unpaired) electrons. The molecule has 0 bridgehead atoms. The van der Waals surface area contributed by atoms with E-state index in [2.05, 4.69) is 36.5 Å². The van der Waals surface area contributed by atoms with Gasteiger partial charge in [-0.15, -0.1) is 0 Å². The zero-order chi connectivity index (χ0) is 10.6. The van der Waals surface area contributed by atoms with Gasteiger partial charge in [0.1, 0.15) is 0 Å². The average molecular weight is 191 g/mol. The Hall–Kier alpha value is -1.31. The molecule has 2 heteroatoms. The Morgan fingerprint density at radius 2 is 1.93 bits per heavy atom. The topological polar surface area (TPSA) is 29.1 Å². The maximum absolute atomic E-state index is 10.8. The first-order valence-electron chi connectivity index (χ1n) is 4.90. The Bertz CT molecular complexity index is 303. The zero-order valence-electron chi connectivity index (χ0n) is 9.00. The Labute approximate surface area is 85.3 Å². The van der Waals surface area contributed by atoms with Crippen molar-refractivity contribution in [3.63, 3.8) is 0 Å². The van der Waals surface area contributed by atoms with E-state index in [9.17, 15) is 4.79 Å². The fraction of sp³-hybridized carbons (Fsp3) is 0.417. The molecule has 0 aliphatic rings. The molecule has 0 aliphatic heterocycles. The normalized spacial score (nSPS) is 12.2. The Kier molecular flexibility index (Phi) is 3.69. The first kappa shape index (κ1) is 10.8. The quantitative estimate of drug-likeness (QED) is 0.778. The number of rotatable bonds is 3. The highest BCUT2D eigenvalue weighted by Crippen LogP contribution is 2.05. The molecule has 1 unspecified atom stereocenters. The van der Waals surface area contributed by atoms with E-state index in [4.69, 9.17) is 0 Å². The Morgan fingerprint density at radius 3 is 2.43 bits per heavy atom. The minimum atomic E-state index is 0.0320. The third-order valence-corrected chi connectivity index (χ3v) is 2.11. The van der Waals surface area contributed by atoms with Crippen molar-refractivity contribution >= 4 is 5.91 Å². The van der Waals surface area contributed by atoms with Crippen LogP contribution < -0.4 is 5.32 Å². The Morgan fingerprint density at radius 1 is 1.36 bits per heavy atom. The van der Waals surface area contributed by atoms with Gasteiger partial charge in [-0.1, -0.05) is 29.8 Å². The summed E-state index contributed by atoms with van der Waals surface area (Å²) < 4.78 is 0. The van der Waals surface area contributed by atoms with Crippen LogP contribution in [0.3, 0.4) is 0 Å². The molecule has 1 rings (SSSR count). The second-order valence-corrected chi connectivity index (χ2v) is 3.79. The van der Waals surface area contributed by atoms with E-state index >= 15 is 0 Å². The van der Waals surface area contributed by atoms with Crippen LogP contribution in [0.1, 0.15) is 25.0 Å². The fourth-order valence-corrected chi connectivity index (χ4v) is 1.48. The lowest BCUT2D eigenvalue weighted by Crippen LogP contribution is -2.31. The molecule has 76 valence electrons. The molecule has 1 aromatic carbocycles. The summed E-state index contributed by atoms with van der Waals surface area (Å²) in [6.07, 6.45) is 0.889. The van der Waals surface area contributed by atoms with Crippen molar-refractivity contribution in [2.45, 2.75) is 33.2 Å². The summed E-state index contributed by atoms with van der Waals surface area (Å²) in [6.45, 7) is 5.63. The summed E-state index contributed by atoms with van der Waals surface area (Å²) in [7, 11) is 0. The molecule has 0 fully saturated rings. The van der Waals surface area contributed by atoms with Gasteiger partial charge in [0, 0.05) is 13.0 Å². The second-order valence-electron chi connectivity index (χ2n) is 3.79. The van der Waals surface area contributed by atoms with Crippen LogP contribution in [-0.2, 0) is 11.2 Å². The van der Waals surface area contributed by atoms with Crippen molar-refractivity contribution in [3.8, 4) is 0 Å². The van der Waals surface area contributed by atoms with Crippen molar-refractivity contribution in [2.75, 3.05) is 0 Å². The van der Waals surface area contributed by atoms with Crippen molar-refractivity contribution in [3.05, 3.63) is 35.4 Å². The van der Waals surface area contributed by atoms with Gasteiger partial charge >= 0.3 is 0 Å². The largest absolute Gasteiger partial charge is 0.354 e. The molecule has 0 saturated heterocycles. The minimum absolute atomic E-state index is 0.0320. The van der Waals surface area contributed by atoms with Crippen molar-refractivity contribution in [1.82, 2.24) is 5.32 Å². The zero-order valence-corrected chi connectivity index (χ0v) is 9.00. The summed E-state index contributed by atoms with van der Waals surface area (Å²) in [4.78, 5) is 10.8. The third kappa shape index (κ3) is 3.60. The second kappa shape index (κ2) is 4.80. The van der Waals surface area contributed by atoms with E-state index in [1.807, 2.05) is 6.92 Å². The number of aryl methyl sites for hydroxylation is 1. The maximum atomic E-state index is 10.8. The maximum Gasteiger partial charge on any atom is 0.217 e. The minimum Gasteiger partial charge on any atom is -0.354 e. The molecular weight excluding hydrogens is 174 g/mol. The van der Waals surface area contributed by atoms with Crippen LogP contribution in [0.25, 0.3) is 0 Å². The predicted molar refractivity (Wildman–Crippen MR) is 58.2 cm³/mol. The van der Waals surface area contributed by atoms with Crippen molar-refractivity contribution in [1.29, 1.82) is 0 Å². The van der Waals surface area contributed by atoms with Crippen molar-refractivity contribution in [2.24, 2.45) is 0 Å². The summed E-state index contributed by atoms with van der Waals surface area (Å²) in [5, 5.41) is 2.87. The van der Waals surface area contributed by atoms with Crippen LogP contribution in [-0.4, -0.2) is 11.9 Å². The van der Waals surface area contributed by atoms with Crippen LogP contribution in [0, 0.1) is 6.92 Å². The number of hydrogen-bond donors (Lipinski definition) is 1. The van der Waals surface area contributed by atoms with Gasteiger partial charge in [-0.25, -0.2) is 0 Å². The van der Waals surface area contributed by atoms with E-state index in [0.717, 1.165) is 6.42 Å². The first-order chi connectivity index (χ1) is 6.58. The van der Waals surface area contributed by atoms with Crippen molar-refractivity contribution < 1.29 is 4.79 Å². The average Bonchev–Trinajstić information content (AvgIpc) is 2.07. The molecule has 1 aromatic rings. The summed E-state index contributed by atoms with van der Waals surface area (Å²) in [5.41, 5.74) is 2.53. The lowest BCUT2D eigenvalue weighted by molar-refractivity contribution is -0.119. The van der Waals surface area contributed by atoms with Gasteiger partial charge in [-0.2, -0.15) is 0 Å². The number of carbonyl (C=O) groups excluding carboxylic acids is 1. The molecule has 0 heterocycles. The predicted octanol–water partition coefficient (Wildman–Crippen LogP) is 2.06. The van der Waals surface area contributed by atoms with E-state index in [0.29, 0.717) is 0 Å². The van der Waals surface area contributed by atoms with Crippen LogP contribution >= 0.6 is 0 Å². The summed E-state index contributed by atoms with van der Waals surface area (Å²) >= 11 is 0.